The SMILES string of the molecule is CC=NC(=O)NC.CNC(=O)NC.CNC(=O)OC.COCSC. The number of hydrogen-bond donors (Lipinski definition) is 4. The lowest BCUT2D eigenvalue weighted by Crippen LogP contribution is -2.28. The van der Waals surface area contributed by atoms with Crippen molar-refractivity contribution in [3.63, 3.8) is 0 Å². The summed E-state index contributed by atoms with van der Waals surface area (Å²) in [4.78, 5) is 33.3. The van der Waals surface area contributed by atoms with Gasteiger partial charge in [0, 0.05) is 41.5 Å². The topological polar surface area (TPSA) is 130 Å². The zero-order valence-electron chi connectivity index (χ0n) is 15.7. The Labute approximate surface area is 148 Å². The molecule has 0 unspecified atom stereocenters. The fourth-order valence-corrected chi connectivity index (χ4v) is 0.762. The van der Waals surface area contributed by atoms with Gasteiger partial charge in [0.15, 0.2) is 0 Å². The van der Waals surface area contributed by atoms with Crippen LogP contribution in [0.4, 0.5) is 14.4 Å². The largest absolute Gasteiger partial charge is 0.453 e. The Morgan fingerprint density at radius 1 is 1.00 bits per heavy atom. The lowest BCUT2D eigenvalue weighted by Gasteiger charge is -1.91. The number of aliphatic imine (C=N–C) groups is 1. The summed E-state index contributed by atoms with van der Waals surface area (Å²) >= 11 is 1.68. The quantitative estimate of drug-likeness (QED) is 0.422. The molecule has 0 rings (SSSR count). The average Bonchev–Trinajstić information content (AvgIpc) is 2.62. The summed E-state index contributed by atoms with van der Waals surface area (Å²) in [5.41, 5.74) is 0. The summed E-state index contributed by atoms with van der Waals surface area (Å²) in [6.45, 7) is 1.69. The second-order valence-electron chi connectivity index (χ2n) is 3.21. The highest BCUT2D eigenvalue weighted by Gasteiger charge is 1.85. The number of carbonyl (C=O) groups is 3. The lowest BCUT2D eigenvalue weighted by atomic mass is 10.8. The smallest absolute Gasteiger partial charge is 0.406 e. The Kier molecular flexibility index (Phi) is 36.2. The molecule has 10 nitrogen and oxygen atoms in total. The van der Waals surface area contributed by atoms with Gasteiger partial charge in [-0.15, -0.1) is 11.8 Å². The molecule has 0 aromatic heterocycles. The molecule has 0 atom stereocenters. The second kappa shape index (κ2) is 29.1. The molecule has 0 heterocycles. The van der Waals surface area contributed by atoms with E-state index >= 15 is 0 Å². The molecule has 24 heavy (non-hydrogen) atoms. The molecule has 0 aliphatic rings. The molecule has 0 aliphatic heterocycles. The third-order valence-electron chi connectivity index (χ3n) is 1.54. The summed E-state index contributed by atoms with van der Waals surface area (Å²) in [6.07, 6.45) is 3.04. The van der Waals surface area contributed by atoms with Gasteiger partial charge >= 0.3 is 18.2 Å². The van der Waals surface area contributed by atoms with Crippen molar-refractivity contribution in [2.75, 3.05) is 54.6 Å². The molecule has 0 saturated carbocycles. The first-order valence-electron chi connectivity index (χ1n) is 6.68. The van der Waals surface area contributed by atoms with E-state index in [4.69, 9.17) is 0 Å². The van der Waals surface area contributed by atoms with Gasteiger partial charge in [-0.2, -0.15) is 0 Å². The van der Waals surface area contributed by atoms with Crippen LogP contribution in [0.25, 0.3) is 0 Å². The van der Waals surface area contributed by atoms with E-state index in [0.29, 0.717) is 0 Å². The van der Waals surface area contributed by atoms with E-state index in [2.05, 4.69) is 35.7 Å². The average molecular weight is 369 g/mol. The third-order valence-corrected chi connectivity index (χ3v) is 2.01. The number of nitrogens with one attached hydrogen (secondary N) is 4. The van der Waals surface area contributed by atoms with Crippen molar-refractivity contribution in [3.05, 3.63) is 0 Å². The molecule has 0 aromatic rings. The van der Waals surface area contributed by atoms with Crippen LogP contribution >= 0.6 is 11.8 Å². The van der Waals surface area contributed by atoms with Gasteiger partial charge in [-0.1, -0.05) is 0 Å². The number of rotatable bonds is 2. The first-order valence-corrected chi connectivity index (χ1v) is 8.07. The normalized spacial score (nSPS) is 8.00. The van der Waals surface area contributed by atoms with Crippen LogP contribution in [0.2, 0.25) is 0 Å². The third kappa shape index (κ3) is 42.7. The van der Waals surface area contributed by atoms with Crippen LogP contribution in [0, 0.1) is 0 Å². The molecule has 11 heteroatoms. The maximum absolute atomic E-state index is 10.1. The van der Waals surface area contributed by atoms with Crippen LogP contribution < -0.4 is 21.3 Å². The molecule has 0 bridgehead atoms. The van der Waals surface area contributed by atoms with Crippen LogP contribution in [-0.4, -0.2) is 79.0 Å². The fraction of sp³-hybridized carbons (Fsp3) is 0.692. The predicted molar refractivity (Wildman–Crippen MR) is 99.0 cm³/mol. The Bertz CT molecular complexity index is 300. The summed E-state index contributed by atoms with van der Waals surface area (Å²) in [5.74, 6) is 0.806. The molecule has 144 valence electrons. The van der Waals surface area contributed by atoms with Gasteiger partial charge in [-0.25, -0.2) is 19.4 Å². The van der Waals surface area contributed by atoms with Gasteiger partial charge in [0.05, 0.1) is 13.0 Å². The molecule has 0 spiro atoms. The molecule has 0 radical (unpaired) electrons. The van der Waals surface area contributed by atoms with Crippen LogP contribution in [0.15, 0.2) is 4.99 Å². The molecule has 0 saturated heterocycles. The first kappa shape index (κ1) is 29.9. The zero-order valence-corrected chi connectivity index (χ0v) is 16.5. The van der Waals surface area contributed by atoms with Gasteiger partial charge in [0.25, 0.3) is 0 Å². The Morgan fingerprint density at radius 2 is 1.50 bits per heavy atom. The monoisotopic (exact) mass is 369 g/mol. The van der Waals surface area contributed by atoms with E-state index in [1.165, 1.54) is 27.4 Å². The highest BCUT2D eigenvalue weighted by atomic mass is 32.2. The minimum absolute atomic E-state index is 0.157. The molecule has 0 fully saturated rings. The predicted octanol–water partition coefficient (Wildman–Crippen LogP) is 0.887. The highest BCUT2D eigenvalue weighted by molar-refractivity contribution is 7.98. The van der Waals surface area contributed by atoms with Crippen molar-refractivity contribution in [1.29, 1.82) is 0 Å². The number of nitrogens with zero attached hydrogens (tertiary/aromatic N) is 1. The highest BCUT2D eigenvalue weighted by Crippen LogP contribution is 1.86. The lowest BCUT2D eigenvalue weighted by molar-refractivity contribution is 0.173. The Hall–Kier alpha value is -2.01. The number of thioether (sulfide) groups is 1. The maximum Gasteiger partial charge on any atom is 0.406 e. The fourth-order valence-electron chi connectivity index (χ4n) is 0.527. The van der Waals surface area contributed by atoms with Crippen LogP contribution in [0.5, 0.6) is 0 Å². The number of alkyl carbamates (subject to hydrolysis) is 1. The molecule has 4 N–H and O–H groups in total. The summed E-state index contributed by atoms with van der Waals surface area (Å²) in [5, 5.41) is 9.31. The number of carbonyl (C=O) groups excluding carboxylic acids is 3. The van der Waals surface area contributed by atoms with Crippen molar-refractivity contribution >= 4 is 36.1 Å². The van der Waals surface area contributed by atoms with E-state index in [1.54, 1.807) is 39.9 Å². The van der Waals surface area contributed by atoms with Crippen molar-refractivity contribution in [2.45, 2.75) is 6.92 Å². The Balaban J connectivity index is -0.000000112. The molecule has 0 aromatic carbocycles. The number of ether oxygens (including phenoxy) is 2. The zero-order chi connectivity index (χ0) is 19.8. The standard InChI is InChI=1S/C4H8N2O.C3H8N2O.C3H7NO2.C3H8OS/c1-3-6-4(7)5-2;1-4-3(6)5-2;1-4-3(5)6-2;1-4-3-5-2/h3H,1-2H3,(H,5,7);1-2H3,(H2,4,5,6);1-2H3,(H,4,5);3H2,1-2H3. The second-order valence-corrected chi connectivity index (χ2v) is 4.02. The summed E-state index contributed by atoms with van der Waals surface area (Å²) < 4.78 is 8.80. The van der Waals surface area contributed by atoms with Gasteiger partial charge in [0.2, 0.25) is 0 Å². The van der Waals surface area contributed by atoms with Crippen LogP contribution in [0.1, 0.15) is 6.92 Å². The van der Waals surface area contributed by atoms with E-state index < -0.39 is 6.09 Å². The van der Waals surface area contributed by atoms with Gasteiger partial charge in [0.1, 0.15) is 0 Å². The summed E-state index contributed by atoms with van der Waals surface area (Å²) in [6, 6.07) is -0.461. The molecule has 5 amide bonds. The van der Waals surface area contributed by atoms with Crippen LogP contribution in [0.3, 0.4) is 0 Å². The number of methoxy groups -OCH3 is 2. The minimum atomic E-state index is -0.407. The van der Waals surface area contributed by atoms with E-state index in [1.807, 2.05) is 6.26 Å². The number of hydrogen-bond acceptors (Lipinski definition) is 6. The number of amides is 5. The minimum Gasteiger partial charge on any atom is -0.453 e. The van der Waals surface area contributed by atoms with Crippen molar-refractivity contribution in [3.8, 4) is 0 Å². The van der Waals surface area contributed by atoms with Crippen molar-refractivity contribution < 1.29 is 23.9 Å². The van der Waals surface area contributed by atoms with Crippen molar-refractivity contribution in [1.82, 2.24) is 21.3 Å². The molecular weight excluding hydrogens is 338 g/mol. The van der Waals surface area contributed by atoms with Crippen LogP contribution in [-0.2, 0) is 9.47 Å². The molecule has 0 aliphatic carbocycles. The van der Waals surface area contributed by atoms with Gasteiger partial charge < -0.3 is 30.7 Å². The maximum atomic E-state index is 10.1. The Morgan fingerprint density at radius 3 is 1.54 bits per heavy atom. The van der Waals surface area contributed by atoms with Gasteiger partial charge in [-0.3, -0.25) is 0 Å². The summed E-state index contributed by atoms with van der Waals surface area (Å²) in [7, 11) is 9.19. The molecular formula is C13H31N5O5S. The number of urea groups is 2. The van der Waals surface area contributed by atoms with E-state index in [-0.39, 0.29) is 12.1 Å². The van der Waals surface area contributed by atoms with Crippen molar-refractivity contribution in [2.24, 2.45) is 4.99 Å². The van der Waals surface area contributed by atoms with E-state index in [9.17, 15) is 14.4 Å². The first-order chi connectivity index (χ1) is 11.3. The van der Waals surface area contributed by atoms with Gasteiger partial charge in [-0.05, 0) is 13.2 Å². The van der Waals surface area contributed by atoms with E-state index in [0.717, 1.165) is 5.94 Å².